The topological polar surface area (TPSA) is 142 Å². The van der Waals surface area contributed by atoms with Gasteiger partial charge in [0.25, 0.3) is 0 Å². The zero-order chi connectivity index (χ0) is 24.5. The van der Waals surface area contributed by atoms with E-state index < -0.39 is 20.9 Å². The number of carbonyl (C=O) groups excluding carboxylic acids is 1. The Balaban J connectivity index is 1.83. The molecule has 0 unspecified atom stereocenters. The van der Waals surface area contributed by atoms with Gasteiger partial charge in [0.05, 0.1) is 20.9 Å². The van der Waals surface area contributed by atoms with Gasteiger partial charge in [-0.15, -0.1) is 0 Å². The summed E-state index contributed by atoms with van der Waals surface area (Å²) in [6.07, 6.45) is 0.791. The van der Waals surface area contributed by atoms with Crippen molar-refractivity contribution in [3.8, 4) is 0 Å². The van der Waals surface area contributed by atoms with Gasteiger partial charge in [-0.2, -0.15) is 5.10 Å². The van der Waals surface area contributed by atoms with E-state index in [9.17, 15) is 23.3 Å². The molecule has 3 rings (SSSR count). The van der Waals surface area contributed by atoms with Gasteiger partial charge in [-0.05, 0) is 38.5 Å². The molecule has 1 aromatic carbocycles. The Morgan fingerprint density at radius 1 is 1.27 bits per heavy atom. The summed E-state index contributed by atoms with van der Waals surface area (Å²) in [5.74, 6) is -0.152. The molecule has 2 aromatic heterocycles. The van der Waals surface area contributed by atoms with Crippen LogP contribution < -0.4 is 0 Å². The van der Waals surface area contributed by atoms with Crippen LogP contribution >= 0.6 is 0 Å². The van der Waals surface area contributed by atoms with Gasteiger partial charge in [0.2, 0.25) is 10.0 Å². The van der Waals surface area contributed by atoms with Crippen LogP contribution in [0.4, 0.5) is 5.69 Å². The van der Waals surface area contributed by atoms with Gasteiger partial charge < -0.3 is 9.30 Å². The number of fused-ring (bicyclic) bond motifs is 1. The third kappa shape index (κ3) is 4.73. The second-order valence-electron chi connectivity index (χ2n) is 7.71. The first kappa shape index (κ1) is 24.3. The number of sulfonamides is 1. The average molecular weight is 479 g/mol. The van der Waals surface area contributed by atoms with Crippen LogP contribution in [0, 0.1) is 24.0 Å². The molecule has 0 amide bonds. The number of esters is 1. The minimum atomic E-state index is -3.62. The lowest BCUT2D eigenvalue weighted by atomic mass is 10.3. The van der Waals surface area contributed by atoms with Crippen molar-refractivity contribution in [2.24, 2.45) is 0 Å². The molecule has 13 heteroatoms. The number of rotatable bonds is 9. The summed E-state index contributed by atoms with van der Waals surface area (Å²) in [5.41, 5.74) is 1.57. The van der Waals surface area contributed by atoms with Crippen LogP contribution in [0.5, 0.6) is 0 Å². The fourth-order valence-electron chi connectivity index (χ4n) is 3.53. The molecule has 0 aliphatic heterocycles. The van der Waals surface area contributed by atoms with Crippen molar-refractivity contribution < 1.29 is 22.9 Å². The zero-order valence-corrected chi connectivity index (χ0v) is 19.9. The molecule has 0 aliphatic carbocycles. The molecule has 3 aromatic rings. The minimum absolute atomic E-state index is 0.121. The number of nitrogens with zero attached hydrogens (tertiary/aromatic N) is 6. The van der Waals surface area contributed by atoms with Crippen molar-refractivity contribution in [1.29, 1.82) is 0 Å². The summed E-state index contributed by atoms with van der Waals surface area (Å²) >= 11 is 0. The van der Waals surface area contributed by atoms with Crippen molar-refractivity contribution in [3.63, 3.8) is 0 Å². The fourth-order valence-corrected chi connectivity index (χ4v) is 4.45. The lowest BCUT2D eigenvalue weighted by molar-refractivity contribution is -0.386. The molecule has 0 radical (unpaired) electrons. The van der Waals surface area contributed by atoms with Gasteiger partial charge in [0, 0.05) is 20.6 Å². The van der Waals surface area contributed by atoms with Crippen molar-refractivity contribution >= 4 is 32.7 Å². The molecule has 33 heavy (non-hydrogen) atoms. The van der Waals surface area contributed by atoms with Gasteiger partial charge >= 0.3 is 11.7 Å². The van der Waals surface area contributed by atoms with E-state index in [4.69, 9.17) is 4.74 Å². The van der Waals surface area contributed by atoms with Gasteiger partial charge in [-0.25, -0.2) is 17.7 Å². The Labute approximate surface area is 191 Å². The number of nitro groups is 1. The van der Waals surface area contributed by atoms with E-state index in [0.29, 0.717) is 17.9 Å². The number of ether oxygens (including phenoxy) is 1. The third-order valence-electron chi connectivity index (χ3n) is 5.19. The van der Waals surface area contributed by atoms with Crippen LogP contribution in [-0.4, -0.2) is 57.0 Å². The number of hydrogen-bond acceptors (Lipinski definition) is 8. The summed E-state index contributed by atoms with van der Waals surface area (Å²) in [5, 5.41) is 15.2. The summed E-state index contributed by atoms with van der Waals surface area (Å²) < 4.78 is 34.5. The summed E-state index contributed by atoms with van der Waals surface area (Å²) in [6.45, 7) is 5.20. The van der Waals surface area contributed by atoms with Crippen LogP contribution in [0.2, 0.25) is 0 Å². The Bertz CT molecular complexity index is 1320. The molecule has 12 nitrogen and oxygen atoms in total. The van der Waals surface area contributed by atoms with Crippen LogP contribution in [0.15, 0.2) is 23.1 Å². The van der Waals surface area contributed by atoms with E-state index in [1.54, 1.807) is 6.07 Å². The van der Waals surface area contributed by atoms with E-state index in [2.05, 4.69) is 10.1 Å². The van der Waals surface area contributed by atoms with Crippen molar-refractivity contribution in [3.05, 3.63) is 45.5 Å². The fraction of sp³-hybridized carbons (Fsp3) is 0.450. The van der Waals surface area contributed by atoms with Crippen LogP contribution in [-0.2, 0) is 39.3 Å². The maximum absolute atomic E-state index is 12.4. The van der Waals surface area contributed by atoms with Crippen molar-refractivity contribution in [2.45, 2.75) is 51.8 Å². The predicted molar refractivity (Wildman–Crippen MR) is 119 cm³/mol. The highest BCUT2D eigenvalue weighted by atomic mass is 32.2. The van der Waals surface area contributed by atoms with Gasteiger partial charge in [-0.1, -0.05) is 6.92 Å². The van der Waals surface area contributed by atoms with Crippen LogP contribution in [0.25, 0.3) is 11.0 Å². The number of hydrogen-bond donors (Lipinski definition) is 0. The Hall–Kier alpha value is -3.32. The molecule has 0 N–H and O–H groups in total. The number of benzene rings is 1. The van der Waals surface area contributed by atoms with Crippen molar-refractivity contribution in [2.75, 3.05) is 14.1 Å². The average Bonchev–Trinajstić information content (AvgIpc) is 3.22. The quantitative estimate of drug-likeness (QED) is 0.259. The van der Waals surface area contributed by atoms with E-state index >= 15 is 0 Å². The second-order valence-corrected chi connectivity index (χ2v) is 9.86. The van der Waals surface area contributed by atoms with Gasteiger partial charge in [0.15, 0.2) is 0 Å². The third-order valence-corrected chi connectivity index (χ3v) is 7.00. The minimum Gasteiger partial charge on any atom is -0.456 e. The second kappa shape index (κ2) is 9.27. The molecule has 0 spiro atoms. The normalized spacial score (nSPS) is 11.9. The Morgan fingerprint density at radius 3 is 2.55 bits per heavy atom. The standard InChI is InChI=1S/C20H26N6O6S/c1-6-9-24-17-8-7-15(33(30,31)23(4)5)10-16(17)21-18(24)12-32-19(27)11-25-14(3)20(26(28)29)13(2)22-25/h7-8,10H,6,9,11-12H2,1-5H3. The maximum Gasteiger partial charge on any atom is 0.328 e. The number of imidazole rings is 1. The molecule has 0 fully saturated rings. The molecule has 0 saturated carbocycles. The molecule has 178 valence electrons. The monoisotopic (exact) mass is 478 g/mol. The molecular formula is C20H26N6O6S. The molecular weight excluding hydrogens is 452 g/mol. The number of carbonyl (C=O) groups is 1. The molecule has 2 heterocycles. The van der Waals surface area contributed by atoms with Gasteiger partial charge in [0.1, 0.15) is 30.4 Å². The lowest BCUT2D eigenvalue weighted by Gasteiger charge is -2.11. The zero-order valence-electron chi connectivity index (χ0n) is 19.1. The maximum atomic E-state index is 12.4. The lowest BCUT2D eigenvalue weighted by Crippen LogP contribution is -2.22. The highest BCUT2D eigenvalue weighted by molar-refractivity contribution is 7.89. The number of aryl methyl sites for hydroxylation is 2. The van der Waals surface area contributed by atoms with E-state index in [0.717, 1.165) is 16.2 Å². The predicted octanol–water partition coefficient (Wildman–Crippen LogP) is 2.16. The molecule has 0 atom stereocenters. The van der Waals surface area contributed by atoms with Gasteiger partial charge in [-0.3, -0.25) is 19.6 Å². The first-order valence-electron chi connectivity index (χ1n) is 10.2. The van der Waals surface area contributed by atoms with E-state index in [1.165, 1.54) is 44.8 Å². The first-order valence-corrected chi connectivity index (χ1v) is 11.7. The summed E-state index contributed by atoms with van der Waals surface area (Å²) in [7, 11) is -0.704. The highest BCUT2D eigenvalue weighted by Crippen LogP contribution is 2.24. The molecule has 0 saturated heterocycles. The number of aromatic nitrogens is 4. The Morgan fingerprint density at radius 2 is 1.97 bits per heavy atom. The summed E-state index contributed by atoms with van der Waals surface area (Å²) in [6, 6.07) is 4.71. The Kier molecular flexibility index (Phi) is 6.84. The van der Waals surface area contributed by atoms with E-state index in [-0.39, 0.29) is 35.1 Å². The molecule has 0 bridgehead atoms. The van der Waals surface area contributed by atoms with E-state index in [1.807, 2.05) is 11.5 Å². The van der Waals surface area contributed by atoms with Crippen LogP contribution in [0.1, 0.15) is 30.6 Å². The largest absolute Gasteiger partial charge is 0.456 e. The van der Waals surface area contributed by atoms with Crippen molar-refractivity contribution in [1.82, 2.24) is 23.6 Å². The molecule has 0 aliphatic rings. The first-order chi connectivity index (χ1) is 15.5. The smallest absolute Gasteiger partial charge is 0.328 e. The SMILES string of the molecule is CCCn1c(COC(=O)Cn2nc(C)c([N+](=O)[O-])c2C)nc2cc(S(=O)(=O)N(C)C)ccc21. The van der Waals surface area contributed by atoms with Crippen LogP contribution in [0.3, 0.4) is 0 Å². The highest BCUT2D eigenvalue weighted by Gasteiger charge is 2.24. The summed E-state index contributed by atoms with van der Waals surface area (Å²) in [4.78, 5) is 27.6.